The summed E-state index contributed by atoms with van der Waals surface area (Å²) in [7, 11) is 0. The summed E-state index contributed by atoms with van der Waals surface area (Å²) in [4.78, 5) is 52.1. The van der Waals surface area contributed by atoms with E-state index in [9.17, 15) is 29.8 Å². The van der Waals surface area contributed by atoms with Crippen LogP contribution in [0, 0.1) is 20.2 Å². The molecule has 226 valence electrons. The van der Waals surface area contributed by atoms with Crippen LogP contribution < -0.4 is 4.74 Å². The van der Waals surface area contributed by atoms with Crippen molar-refractivity contribution in [2.75, 3.05) is 52.5 Å². The van der Waals surface area contributed by atoms with E-state index >= 15 is 0 Å². The fraction of sp³-hybridized carbons (Fsp3) is 0.250. The summed E-state index contributed by atoms with van der Waals surface area (Å²) >= 11 is 0. The molecule has 2 aliphatic rings. The van der Waals surface area contributed by atoms with Crippen molar-refractivity contribution in [3.05, 3.63) is 121 Å². The van der Waals surface area contributed by atoms with Crippen LogP contribution in [0.2, 0.25) is 0 Å². The van der Waals surface area contributed by atoms with Gasteiger partial charge in [0.1, 0.15) is 12.4 Å². The highest BCUT2D eigenvalue weighted by atomic mass is 16.6. The van der Waals surface area contributed by atoms with E-state index < -0.39 is 9.85 Å². The number of nitro benzene ring substituents is 2. The lowest BCUT2D eigenvalue weighted by Gasteiger charge is -2.30. The fourth-order valence-corrected chi connectivity index (χ4v) is 4.96. The van der Waals surface area contributed by atoms with E-state index in [1.165, 1.54) is 48.5 Å². The molecule has 0 aliphatic carbocycles. The molecule has 0 unspecified atom stereocenters. The van der Waals surface area contributed by atoms with Gasteiger partial charge in [-0.25, -0.2) is 0 Å². The van der Waals surface area contributed by atoms with Crippen molar-refractivity contribution in [2.24, 2.45) is 0 Å². The lowest BCUT2D eigenvalue weighted by molar-refractivity contribution is -0.385. The Morgan fingerprint density at radius 2 is 1.30 bits per heavy atom. The lowest BCUT2D eigenvalue weighted by Crippen LogP contribution is -2.41. The molecule has 3 aromatic rings. The number of piperidine rings is 1. The Balaban J connectivity index is 1.35. The summed E-state index contributed by atoms with van der Waals surface area (Å²) in [5, 5.41) is 22.1. The molecule has 0 atom stereocenters. The van der Waals surface area contributed by atoms with Gasteiger partial charge in [0.05, 0.1) is 36.1 Å². The number of nitrogens with zero attached hydrogens (tertiary/aromatic N) is 4. The maximum Gasteiger partial charge on any atom is 0.269 e. The number of benzene rings is 3. The maximum absolute atomic E-state index is 13.6. The number of amides is 1. The number of ketones is 1. The first kappa shape index (κ1) is 30.3. The zero-order chi connectivity index (χ0) is 31.1. The number of morpholine rings is 1. The average Bonchev–Trinajstić information content (AvgIpc) is 3.04. The van der Waals surface area contributed by atoms with Crippen molar-refractivity contribution in [2.45, 2.75) is 0 Å². The number of Topliss-reactive ketones (excluding diaryl/α,β-unsaturated/α-hetero) is 1. The third kappa shape index (κ3) is 7.60. The molecule has 2 aliphatic heterocycles. The molecule has 3 aromatic carbocycles. The minimum absolute atomic E-state index is 0.0318. The second-order valence-electron chi connectivity index (χ2n) is 10.4. The third-order valence-electron chi connectivity index (χ3n) is 7.36. The van der Waals surface area contributed by atoms with Gasteiger partial charge in [-0.15, -0.1) is 0 Å². The molecule has 0 saturated carbocycles. The normalized spacial score (nSPS) is 17.5. The molecular weight excluding hydrogens is 568 g/mol. The first-order chi connectivity index (χ1) is 21.3. The van der Waals surface area contributed by atoms with Gasteiger partial charge in [-0.1, -0.05) is 0 Å². The van der Waals surface area contributed by atoms with E-state index in [4.69, 9.17) is 9.47 Å². The Bertz CT molecular complexity index is 1510. The molecule has 0 spiro atoms. The highest BCUT2D eigenvalue weighted by Crippen LogP contribution is 2.25. The number of nitro groups is 2. The molecular formula is C32H30N4O8. The van der Waals surface area contributed by atoms with Crippen molar-refractivity contribution in [3.63, 3.8) is 0 Å². The van der Waals surface area contributed by atoms with Crippen molar-refractivity contribution in [3.8, 4) is 5.75 Å². The van der Waals surface area contributed by atoms with Crippen LogP contribution in [0.5, 0.6) is 5.75 Å². The van der Waals surface area contributed by atoms with Crippen LogP contribution in [0.4, 0.5) is 11.4 Å². The number of non-ortho nitro benzene ring substituents is 2. The van der Waals surface area contributed by atoms with Gasteiger partial charge in [0.15, 0.2) is 5.78 Å². The molecule has 12 nitrogen and oxygen atoms in total. The zero-order valence-electron chi connectivity index (χ0n) is 23.8. The number of carbonyl (C=O) groups excluding carboxylic acids is 2. The SMILES string of the molecule is O=C1C(=Cc2ccc([N+](=O)[O-])cc2)CN(C(=O)c2ccc(OCCN3CCOCC3)cc2)CC1=Cc1ccc([N+](=O)[O-])cc1. The van der Waals surface area contributed by atoms with Gasteiger partial charge in [-0.3, -0.25) is 34.7 Å². The van der Waals surface area contributed by atoms with Gasteiger partial charge in [0, 0.05) is 60.6 Å². The van der Waals surface area contributed by atoms with Crippen LogP contribution in [-0.4, -0.2) is 83.9 Å². The van der Waals surface area contributed by atoms with Crippen LogP contribution in [-0.2, 0) is 9.53 Å². The number of hydrogen-bond acceptors (Lipinski definition) is 9. The third-order valence-corrected chi connectivity index (χ3v) is 7.36. The Labute approximate surface area is 253 Å². The van der Waals surface area contributed by atoms with Crippen LogP contribution in [0.1, 0.15) is 21.5 Å². The Kier molecular flexibility index (Phi) is 9.52. The van der Waals surface area contributed by atoms with E-state index in [1.54, 1.807) is 41.3 Å². The first-order valence-corrected chi connectivity index (χ1v) is 14.0. The number of rotatable bonds is 9. The van der Waals surface area contributed by atoms with E-state index in [2.05, 4.69) is 4.90 Å². The molecule has 44 heavy (non-hydrogen) atoms. The maximum atomic E-state index is 13.6. The Morgan fingerprint density at radius 3 is 1.77 bits per heavy atom. The van der Waals surface area contributed by atoms with E-state index in [1.807, 2.05) is 0 Å². The van der Waals surface area contributed by atoms with Crippen molar-refractivity contribution in [1.29, 1.82) is 0 Å². The molecule has 12 heteroatoms. The van der Waals surface area contributed by atoms with Crippen molar-refractivity contribution in [1.82, 2.24) is 9.80 Å². The van der Waals surface area contributed by atoms with E-state index in [0.717, 1.165) is 19.6 Å². The van der Waals surface area contributed by atoms with Crippen LogP contribution in [0.15, 0.2) is 83.9 Å². The molecule has 0 aromatic heterocycles. The quantitative estimate of drug-likeness (QED) is 0.199. The highest BCUT2D eigenvalue weighted by molar-refractivity contribution is 6.15. The summed E-state index contributed by atoms with van der Waals surface area (Å²) in [6, 6.07) is 18.4. The smallest absolute Gasteiger partial charge is 0.269 e. The summed E-state index contributed by atoms with van der Waals surface area (Å²) < 4.78 is 11.2. The largest absolute Gasteiger partial charge is 0.492 e. The predicted octanol–water partition coefficient (Wildman–Crippen LogP) is 4.41. The van der Waals surface area contributed by atoms with Gasteiger partial charge in [0.25, 0.3) is 17.3 Å². The standard InChI is InChI=1S/C32H30N4O8/c37-31-26(19-23-1-7-28(8-2-23)35(39)40)21-34(22-27(31)20-24-3-9-29(10-4-24)36(41)42)32(38)25-5-11-30(12-6-25)44-18-15-33-13-16-43-17-14-33/h1-12,19-20H,13-18,21-22H2. The molecule has 0 bridgehead atoms. The Hall–Kier alpha value is -5.20. The van der Waals surface area contributed by atoms with Crippen molar-refractivity contribution < 1.29 is 28.9 Å². The van der Waals surface area contributed by atoms with Gasteiger partial charge in [-0.05, 0) is 71.8 Å². The minimum Gasteiger partial charge on any atom is -0.492 e. The number of ether oxygens (including phenoxy) is 2. The molecule has 0 N–H and O–H groups in total. The Morgan fingerprint density at radius 1 is 0.795 bits per heavy atom. The first-order valence-electron chi connectivity index (χ1n) is 14.0. The van der Waals surface area contributed by atoms with Crippen LogP contribution in [0.25, 0.3) is 12.2 Å². The molecule has 0 radical (unpaired) electrons. The average molecular weight is 599 g/mol. The molecule has 2 heterocycles. The zero-order valence-corrected chi connectivity index (χ0v) is 23.8. The van der Waals surface area contributed by atoms with Gasteiger partial charge < -0.3 is 14.4 Å². The molecule has 2 fully saturated rings. The summed E-state index contributed by atoms with van der Waals surface area (Å²) in [6.07, 6.45) is 3.22. The summed E-state index contributed by atoms with van der Waals surface area (Å²) in [6.45, 7) is 4.53. The van der Waals surface area contributed by atoms with E-state index in [-0.39, 0.29) is 36.2 Å². The second kappa shape index (κ2) is 13.8. The van der Waals surface area contributed by atoms with Gasteiger partial charge in [-0.2, -0.15) is 0 Å². The summed E-state index contributed by atoms with van der Waals surface area (Å²) in [5.74, 6) is 0.0671. The lowest BCUT2D eigenvalue weighted by atomic mass is 9.93. The van der Waals surface area contributed by atoms with Crippen molar-refractivity contribution >= 4 is 35.2 Å². The second-order valence-corrected chi connectivity index (χ2v) is 10.4. The predicted molar refractivity (Wildman–Crippen MR) is 162 cm³/mol. The minimum atomic E-state index is -0.505. The number of likely N-dealkylation sites (tertiary alicyclic amines) is 1. The van der Waals surface area contributed by atoms with Crippen LogP contribution in [0.3, 0.4) is 0 Å². The highest BCUT2D eigenvalue weighted by Gasteiger charge is 2.30. The van der Waals surface area contributed by atoms with Gasteiger partial charge in [0.2, 0.25) is 0 Å². The molecule has 5 rings (SSSR count). The monoisotopic (exact) mass is 598 g/mol. The van der Waals surface area contributed by atoms with E-state index in [0.29, 0.717) is 53.4 Å². The number of carbonyl (C=O) groups is 2. The number of hydrogen-bond donors (Lipinski definition) is 0. The molecule has 2 saturated heterocycles. The molecule has 1 amide bonds. The van der Waals surface area contributed by atoms with Crippen LogP contribution >= 0.6 is 0 Å². The fourth-order valence-electron chi connectivity index (χ4n) is 4.96. The summed E-state index contributed by atoms with van der Waals surface area (Å²) in [5.41, 5.74) is 2.06. The topological polar surface area (TPSA) is 145 Å². The van der Waals surface area contributed by atoms with Gasteiger partial charge >= 0.3 is 0 Å².